The van der Waals surface area contributed by atoms with E-state index in [0.717, 1.165) is 72.5 Å². The molecule has 3 aliphatic rings. The van der Waals surface area contributed by atoms with Gasteiger partial charge in [0.05, 0.1) is 56.3 Å². The highest BCUT2D eigenvalue weighted by atomic mass is 16.6. The van der Waals surface area contributed by atoms with Crippen LogP contribution in [0.3, 0.4) is 0 Å². The summed E-state index contributed by atoms with van der Waals surface area (Å²) in [5, 5.41) is 0. The predicted molar refractivity (Wildman–Crippen MR) is 245 cm³/mol. The molecule has 0 spiro atoms. The van der Waals surface area contributed by atoms with Gasteiger partial charge < -0.3 is 42.6 Å². The van der Waals surface area contributed by atoms with Gasteiger partial charge in [0, 0.05) is 16.7 Å². The summed E-state index contributed by atoms with van der Waals surface area (Å²) in [6, 6.07) is 12.0. The number of unbranched alkanes of at least 4 members (excludes halogenated alkanes) is 9. The van der Waals surface area contributed by atoms with Crippen LogP contribution in [-0.2, 0) is 14.2 Å². The van der Waals surface area contributed by atoms with Crippen LogP contribution in [0.5, 0.6) is 34.5 Å². The topological polar surface area (TPSA) is 132 Å². The average Bonchev–Trinajstić information content (AvgIpc) is 4.13. The summed E-state index contributed by atoms with van der Waals surface area (Å²) in [7, 11) is 0. The Balaban J connectivity index is 1.34. The molecule has 12 heteroatoms. The standard InChI is InChI=1S/C51H69N3O9/c1-7-10-13-16-25-55-43-22-19-40(46(34(43)4)61-31-37-28-58-37)49-52-50(41-20-23-44(56-26-17-14-11-8-2)35(5)47(41)62-32-38-29-59-38)54-51(53-49)42-21-24-45(57-27-18-15-12-9-3)36(6)48(42)63-33-39-30-60-39/h19-24,37-39H,7-18,25-33H2,1-6H3. The van der Waals surface area contributed by atoms with Crippen molar-refractivity contribution in [3.05, 3.63) is 53.1 Å². The number of hydrogen-bond acceptors (Lipinski definition) is 12. The number of aromatic nitrogens is 3. The molecule has 4 aromatic rings. The van der Waals surface area contributed by atoms with Crippen molar-refractivity contribution in [2.75, 3.05) is 59.5 Å². The summed E-state index contributed by atoms with van der Waals surface area (Å²) in [6.45, 7) is 17.8. The Hall–Kier alpha value is -4.65. The highest BCUT2D eigenvalue weighted by Crippen LogP contribution is 2.43. The fourth-order valence-corrected chi connectivity index (χ4v) is 7.47. The van der Waals surface area contributed by atoms with Crippen molar-refractivity contribution >= 4 is 0 Å². The van der Waals surface area contributed by atoms with Gasteiger partial charge in [0.2, 0.25) is 0 Å². The van der Waals surface area contributed by atoms with Gasteiger partial charge in [-0.1, -0.05) is 78.6 Å². The molecule has 0 saturated carbocycles. The first-order valence-electron chi connectivity index (χ1n) is 23.7. The molecule has 342 valence electrons. The fourth-order valence-electron chi connectivity index (χ4n) is 7.47. The zero-order chi connectivity index (χ0) is 44.0. The number of nitrogens with zero attached hydrogens (tertiary/aromatic N) is 3. The van der Waals surface area contributed by atoms with E-state index in [1.54, 1.807) is 0 Å². The third-order valence-corrected chi connectivity index (χ3v) is 11.6. The van der Waals surface area contributed by atoms with Gasteiger partial charge in [-0.15, -0.1) is 0 Å². The molecular formula is C51H69N3O9. The van der Waals surface area contributed by atoms with Crippen LogP contribution in [0.15, 0.2) is 36.4 Å². The lowest BCUT2D eigenvalue weighted by molar-refractivity contribution is 0.258. The normalized spacial score (nSPS) is 17.3. The number of rotatable bonds is 30. The van der Waals surface area contributed by atoms with Gasteiger partial charge >= 0.3 is 0 Å². The second kappa shape index (κ2) is 23.3. The van der Waals surface area contributed by atoms with E-state index in [2.05, 4.69) is 20.8 Å². The van der Waals surface area contributed by atoms with E-state index in [1.807, 2.05) is 57.2 Å². The van der Waals surface area contributed by atoms with Crippen molar-refractivity contribution in [3.63, 3.8) is 0 Å². The summed E-state index contributed by atoms with van der Waals surface area (Å²) >= 11 is 0. The van der Waals surface area contributed by atoms with Gasteiger partial charge in [-0.25, -0.2) is 15.0 Å². The van der Waals surface area contributed by atoms with E-state index in [-0.39, 0.29) is 18.3 Å². The molecule has 0 bridgehead atoms. The van der Waals surface area contributed by atoms with E-state index in [4.69, 9.17) is 57.6 Å². The second-order valence-corrected chi connectivity index (χ2v) is 17.0. The van der Waals surface area contributed by atoms with E-state index < -0.39 is 0 Å². The molecule has 3 aromatic carbocycles. The van der Waals surface area contributed by atoms with Gasteiger partial charge in [0.1, 0.15) is 72.6 Å². The van der Waals surface area contributed by atoms with Crippen LogP contribution >= 0.6 is 0 Å². The Morgan fingerprint density at radius 2 is 0.698 bits per heavy atom. The monoisotopic (exact) mass is 868 g/mol. The van der Waals surface area contributed by atoms with Crippen LogP contribution in [0.1, 0.15) is 115 Å². The molecule has 3 saturated heterocycles. The summed E-state index contributed by atoms with van der Waals surface area (Å²) in [5.74, 6) is 5.58. The summed E-state index contributed by atoms with van der Waals surface area (Å²) < 4.78 is 55.6. The summed E-state index contributed by atoms with van der Waals surface area (Å²) in [5.41, 5.74) is 4.77. The number of ether oxygens (including phenoxy) is 9. The molecular weight excluding hydrogens is 799 g/mol. The second-order valence-electron chi connectivity index (χ2n) is 17.0. The zero-order valence-electron chi connectivity index (χ0n) is 38.6. The van der Waals surface area contributed by atoms with Crippen molar-refractivity contribution in [2.24, 2.45) is 0 Å². The maximum absolute atomic E-state index is 6.59. The predicted octanol–water partition coefficient (Wildman–Crippen LogP) is 11.0. The number of epoxide rings is 3. The Kier molecular flexibility index (Phi) is 17.2. The van der Waals surface area contributed by atoms with Crippen molar-refractivity contribution in [1.29, 1.82) is 0 Å². The number of hydrogen-bond donors (Lipinski definition) is 0. The Bertz CT molecular complexity index is 1840. The van der Waals surface area contributed by atoms with Crippen molar-refractivity contribution in [3.8, 4) is 68.7 Å². The minimum atomic E-state index is 0.0383. The first-order chi connectivity index (χ1) is 30.9. The third-order valence-electron chi connectivity index (χ3n) is 11.6. The molecule has 3 atom stereocenters. The molecule has 4 heterocycles. The molecule has 3 fully saturated rings. The molecule has 3 unspecified atom stereocenters. The van der Waals surface area contributed by atoms with Gasteiger partial charge in [-0.2, -0.15) is 0 Å². The Labute approximate surface area is 374 Å². The van der Waals surface area contributed by atoms with Crippen molar-refractivity contribution < 1.29 is 42.6 Å². The molecule has 63 heavy (non-hydrogen) atoms. The Morgan fingerprint density at radius 1 is 0.413 bits per heavy atom. The third kappa shape index (κ3) is 13.2. The molecule has 1 aromatic heterocycles. The molecule has 0 radical (unpaired) electrons. The lowest BCUT2D eigenvalue weighted by atomic mass is 10.0. The van der Waals surface area contributed by atoms with Gasteiger partial charge in [0.25, 0.3) is 0 Å². The van der Waals surface area contributed by atoms with Crippen LogP contribution in [0, 0.1) is 20.8 Å². The van der Waals surface area contributed by atoms with E-state index in [0.29, 0.717) is 111 Å². The molecule has 7 rings (SSSR count). The van der Waals surface area contributed by atoms with Crippen LogP contribution in [-0.4, -0.2) is 92.7 Å². The van der Waals surface area contributed by atoms with E-state index in [1.165, 1.54) is 38.5 Å². The minimum Gasteiger partial charge on any atom is -0.493 e. The smallest absolute Gasteiger partial charge is 0.167 e. The maximum Gasteiger partial charge on any atom is 0.167 e. The van der Waals surface area contributed by atoms with Gasteiger partial charge in [-0.3, -0.25) is 0 Å². The fraction of sp³-hybridized carbons (Fsp3) is 0.588. The van der Waals surface area contributed by atoms with Gasteiger partial charge in [-0.05, 0) is 76.4 Å². The lowest BCUT2D eigenvalue weighted by Gasteiger charge is -2.20. The largest absolute Gasteiger partial charge is 0.493 e. The lowest BCUT2D eigenvalue weighted by Crippen LogP contribution is -2.11. The molecule has 0 N–H and O–H groups in total. The van der Waals surface area contributed by atoms with Crippen LogP contribution < -0.4 is 28.4 Å². The minimum absolute atomic E-state index is 0.0383. The first-order valence-corrected chi connectivity index (χ1v) is 23.7. The van der Waals surface area contributed by atoms with Crippen molar-refractivity contribution in [2.45, 2.75) is 137 Å². The first kappa shape index (κ1) is 46.3. The Morgan fingerprint density at radius 3 is 0.952 bits per heavy atom. The SMILES string of the molecule is CCCCCCOc1ccc(-c2nc(-c3ccc(OCCCCCC)c(C)c3OCC3CO3)nc(-c3ccc(OCCCCCC)c(C)c3OCC3CO3)n2)c(OCC2CO2)c1C. The molecule has 0 amide bonds. The van der Waals surface area contributed by atoms with Crippen LogP contribution in [0.2, 0.25) is 0 Å². The maximum atomic E-state index is 6.59. The molecule has 3 aliphatic heterocycles. The highest BCUT2D eigenvalue weighted by Gasteiger charge is 2.30. The number of benzene rings is 3. The van der Waals surface area contributed by atoms with Crippen LogP contribution in [0.25, 0.3) is 34.2 Å². The molecule has 12 nitrogen and oxygen atoms in total. The summed E-state index contributed by atoms with van der Waals surface area (Å²) in [4.78, 5) is 15.7. The van der Waals surface area contributed by atoms with Gasteiger partial charge in [0.15, 0.2) is 17.5 Å². The summed E-state index contributed by atoms with van der Waals surface area (Å²) in [6.07, 6.45) is 13.5. The van der Waals surface area contributed by atoms with E-state index in [9.17, 15) is 0 Å². The van der Waals surface area contributed by atoms with Crippen LogP contribution in [0.4, 0.5) is 0 Å². The average molecular weight is 868 g/mol. The zero-order valence-corrected chi connectivity index (χ0v) is 38.6. The quantitative estimate of drug-likeness (QED) is 0.0365. The molecule has 0 aliphatic carbocycles. The van der Waals surface area contributed by atoms with E-state index >= 15 is 0 Å². The van der Waals surface area contributed by atoms with Crippen molar-refractivity contribution in [1.82, 2.24) is 15.0 Å². The highest BCUT2D eigenvalue weighted by molar-refractivity contribution is 5.77.